The molecule has 0 fully saturated rings. The van der Waals surface area contributed by atoms with Crippen LogP contribution in [-0.2, 0) is 23.7 Å². The smallest absolute Gasteiger partial charge is 0.810 e. The Labute approximate surface area is 197 Å². The number of carbonyl (C=O) groups excluding carboxylic acids is 4. The maximum absolute atomic E-state index is 11.4. The SMILES string of the molecule is NC(=O)CC(NC(=O)CP(=O)([O-])[O-])C(=O)NCC(=O)[O-].[Na+].[Na+].[Na+]. The second-order valence-corrected chi connectivity index (χ2v) is 5.19. The Kier molecular flexibility index (Phi) is 21.1. The summed E-state index contributed by atoms with van der Waals surface area (Å²) in [4.78, 5) is 64.1. The normalized spacial score (nSPS) is 10.7. The van der Waals surface area contributed by atoms with E-state index in [2.05, 4.69) is 0 Å². The van der Waals surface area contributed by atoms with Crippen molar-refractivity contribution in [2.75, 3.05) is 12.7 Å². The molecule has 0 saturated carbocycles. The van der Waals surface area contributed by atoms with E-state index in [4.69, 9.17) is 5.73 Å². The van der Waals surface area contributed by atoms with Crippen LogP contribution in [0.25, 0.3) is 0 Å². The van der Waals surface area contributed by atoms with Crippen LogP contribution in [0.2, 0.25) is 0 Å². The van der Waals surface area contributed by atoms with Gasteiger partial charge in [0.1, 0.15) is 6.04 Å². The number of nitrogens with two attached hydrogens (primary N) is 1. The van der Waals surface area contributed by atoms with Crippen LogP contribution >= 0.6 is 7.60 Å². The molecule has 3 amide bonds. The standard InChI is InChI=1S/C8H14N3O8P.3Na/c9-5(12)1-4(8(16)10-2-7(14)15)11-6(13)3-20(17,18)19;;;/h4H,1-3H2,(H2,9,12)(H,10,16)(H,11,13)(H,14,15)(H2,17,18,19);;;/q;3*+1/p-3. The number of rotatable bonds is 8. The molecule has 0 aromatic rings. The summed E-state index contributed by atoms with van der Waals surface area (Å²) in [6, 6.07) is -1.59. The van der Waals surface area contributed by atoms with E-state index >= 15 is 0 Å². The first-order valence-electron chi connectivity index (χ1n) is 5.07. The molecule has 0 heterocycles. The molecule has 0 aromatic heterocycles. The van der Waals surface area contributed by atoms with Crippen LogP contribution in [0.4, 0.5) is 0 Å². The molecule has 0 aromatic carbocycles. The Morgan fingerprint density at radius 2 is 1.57 bits per heavy atom. The van der Waals surface area contributed by atoms with E-state index in [1.807, 2.05) is 0 Å². The molecule has 0 radical (unpaired) electrons. The molecule has 15 heteroatoms. The first-order valence-corrected chi connectivity index (χ1v) is 6.80. The zero-order chi connectivity index (χ0) is 15.9. The third kappa shape index (κ3) is 19.2. The van der Waals surface area contributed by atoms with Gasteiger partial charge in [-0.05, 0) is 0 Å². The van der Waals surface area contributed by atoms with Crippen molar-refractivity contribution in [3.63, 3.8) is 0 Å². The molecule has 0 saturated heterocycles. The Morgan fingerprint density at radius 1 is 1.09 bits per heavy atom. The summed E-state index contributed by atoms with van der Waals surface area (Å²) >= 11 is 0. The fourth-order valence-electron chi connectivity index (χ4n) is 1.11. The van der Waals surface area contributed by atoms with E-state index in [1.54, 1.807) is 10.6 Å². The largest absolute Gasteiger partial charge is 1.00 e. The maximum Gasteiger partial charge on any atom is 1.00 e. The Morgan fingerprint density at radius 3 is 1.91 bits per heavy atom. The van der Waals surface area contributed by atoms with Crippen LogP contribution in [0.15, 0.2) is 0 Å². The maximum atomic E-state index is 11.4. The third-order valence-electron chi connectivity index (χ3n) is 1.80. The van der Waals surface area contributed by atoms with Gasteiger partial charge in [-0.2, -0.15) is 0 Å². The molecule has 1 unspecified atom stereocenters. The van der Waals surface area contributed by atoms with Gasteiger partial charge in [-0.25, -0.2) is 0 Å². The predicted octanol–water partition coefficient (Wildman–Crippen LogP) is -14.9. The molecule has 0 spiro atoms. The predicted molar refractivity (Wildman–Crippen MR) is 56.2 cm³/mol. The third-order valence-corrected chi connectivity index (χ3v) is 2.48. The molecule has 114 valence electrons. The second-order valence-electron chi connectivity index (χ2n) is 3.65. The van der Waals surface area contributed by atoms with Crippen molar-refractivity contribution < 1.29 is 127 Å². The minimum atomic E-state index is -5.14. The van der Waals surface area contributed by atoms with Gasteiger partial charge in [0.2, 0.25) is 17.7 Å². The zero-order valence-electron chi connectivity index (χ0n) is 13.0. The van der Waals surface area contributed by atoms with Gasteiger partial charge in [-0.3, -0.25) is 14.4 Å². The van der Waals surface area contributed by atoms with Gasteiger partial charge < -0.3 is 40.6 Å². The van der Waals surface area contributed by atoms with Crippen molar-refractivity contribution in [2.45, 2.75) is 12.5 Å². The number of primary amides is 1. The van der Waals surface area contributed by atoms with Gasteiger partial charge >= 0.3 is 88.7 Å². The Hall–Kier alpha value is 1.03. The van der Waals surface area contributed by atoms with Crippen molar-refractivity contribution in [3.05, 3.63) is 0 Å². The van der Waals surface area contributed by atoms with E-state index in [9.17, 15) is 38.6 Å². The summed E-state index contributed by atoms with van der Waals surface area (Å²) in [5.74, 6) is -5.03. The summed E-state index contributed by atoms with van der Waals surface area (Å²) in [5.41, 5.74) is 4.81. The number of hydrogen-bond donors (Lipinski definition) is 3. The summed E-state index contributed by atoms with van der Waals surface area (Å²) in [7, 11) is -5.14. The summed E-state index contributed by atoms with van der Waals surface area (Å²) in [5, 5.41) is 13.7. The fraction of sp³-hybridized carbons (Fsp3) is 0.500. The molecule has 4 N–H and O–H groups in total. The van der Waals surface area contributed by atoms with Gasteiger partial charge in [-0.1, -0.05) is 7.60 Å². The number of carbonyl (C=O) groups is 4. The van der Waals surface area contributed by atoms with E-state index < -0.39 is 56.5 Å². The first kappa shape index (κ1) is 31.8. The Bertz CT molecular complexity index is 471. The van der Waals surface area contributed by atoms with Crippen LogP contribution in [0, 0.1) is 0 Å². The molecule has 11 nitrogen and oxygen atoms in total. The molecule has 23 heavy (non-hydrogen) atoms. The van der Waals surface area contributed by atoms with Crippen LogP contribution in [-0.4, -0.2) is 42.4 Å². The van der Waals surface area contributed by atoms with Crippen molar-refractivity contribution in [3.8, 4) is 0 Å². The average molecular weight is 377 g/mol. The molecule has 0 aliphatic carbocycles. The number of aliphatic carboxylic acids is 1. The van der Waals surface area contributed by atoms with E-state index in [0.717, 1.165) is 0 Å². The number of amides is 3. The van der Waals surface area contributed by atoms with E-state index in [0.29, 0.717) is 0 Å². The Balaban J connectivity index is -0.000000602. The molecule has 0 aliphatic rings. The van der Waals surface area contributed by atoms with Crippen LogP contribution in [0.5, 0.6) is 0 Å². The molecule has 0 bridgehead atoms. The monoisotopic (exact) mass is 377 g/mol. The molecular formula is C8H11N3Na3O8P. The summed E-state index contributed by atoms with van der Waals surface area (Å²) < 4.78 is 10.4. The van der Waals surface area contributed by atoms with Gasteiger partial charge in [-0.15, -0.1) is 0 Å². The van der Waals surface area contributed by atoms with Crippen LogP contribution in [0.1, 0.15) is 6.42 Å². The van der Waals surface area contributed by atoms with E-state index in [1.165, 1.54) is 0 Å². The van der Waals surface area contributed by atoms with Gasteiger partial charge in [0.15, 0.2) is 0 Å². The summed E-state index contributed by atoms with van der Waals surface area (Å²) in [6.07, 6.45) is -2.11. The molecule has 0 rings (SSSR count). The second kappa shape index (κ2) is 15.3. The van der Waals surface area contributed by atoms with Gasteiger partial charge in [0.05, 0.1) is 25.1 Å². The quantitative estimate of drug-likeness (QED) is 0.273. The van der Waals surface area contributed by atoms with Gasteiger partial charge in [0.25, 0.3) is 0 Å². The van der Waals surface area contributed by atoms with Gasteiger partial charge in [0, 0.05) is 0 Å². The van der Waals surface area contributed by atoms with Crippen molar-refractivity contribution in [1.29, 1.82) is 0 Å². The van der Waals surface area contributed by atoms with Crippen LogP contribution in [0.3, 0.4) is 0 Å². The minimum Gasteiger partial charge on any atom is -0.810 e. The zero-order valence-corrected chi connectivity index (χ0v) is 19.9. The topological polar surface area (TPSA) is 205 Å². The number of carboxylic acid groups (broad SMARTS) is 1. The molecular weight excluding hydrogens is 366 g/mol. The molecule has 0 aliphatic heterocycles. The minimum absolute atomic E-state index is 0. The van der Waals surface area contributed by atoms with E-state index in [-0.39, 0.29) is 88.7 Å². The summed E-state index contributed by atoms with van der Waals surface area (Å²) in [6.45, 7) is -0.883. The van der Waals surface area contributed by atoms with Crippen molar-refractivity contribution >= 4 is 31.3 Å². The van der Waals surface area contributed by atoms with Crippen molar-refractivity contribution in [1.82, 2.24) is 10.6 Å². The number of nitrogens with one attached hydrogen (secondary N) is 2. The average Bonchev–Trinajstić information content (AvgIpc) is 2.21. The molecule has 1 atom stereocenters. The number of hydrogen-bond acceptors (Lipinski definition) is 8. The van der Waals surface area contributed by atoms with Crippen LogP contribution < -0.4 is 120 Å². The fourth-order valence-corrected chi connectivity index (χ4v) is 1.55. The number of carboxylic acids is 1. The first-order chi connectivity index (χ1) is 9.01. The van der Waals surface area contributed by atoms with Crippen molar-refractivity contribution in [2.24, 2.45) is 5.73 Å².